The van der Waals surface area contributed by atoms with Crippen molar-refractivity contribution < 1.29 is 9.90 Å². The van der Waals surface area contributed by atoms with E-state index in [1.807, 2.05) is 19.1 Å². The van der Waals surface area contributed by atoms with Gasteiger partial charge >= 0.3 is 5.97 Å². The minimum atomic E-state index is -0.940. The summed E-state index contributed by atoms with van der Waals surface area (Å²) in [6, 6.07) is 5.60. The van der Waals surface area contributed by atoms with Crippen LogP contribution in [-0.4, -0.2) is 16.1 Å². The van der Waals surface area contributed by atoms with Crippen LogP contribution in [0.3, 0.4) is 0 Å². The van der Waals surface area contributed by atoms with Crippen LogP contribution in [0, 0.1) is 13.8 Å². The Hall–Kier alpha value is -1.39. The number of carboxylic acid groups (broad SMARTS) is 1. The lowest BCUT2D eigenvalue weighted by molar-refractivity contribution is 0.0701. The minimum Gasteiger partial charge on any atom is -0.477 e. The lowest BCUT2D eigenvalue weighted by Crippen LogP contribution is -1.94. The molecule has 0 aliphatic rings. The van der Waals surface area contributed by atoms with Gasteiger partial charge in [0, 0.05) is 10.6 Å². The highest BCUT2D eigenvalue weighted by molar-refractivity contribution is 7.17. The quantitative estimate of drug-likeness (QED) is 0.901. The molecule has 0 amide bonds. The standard InChI is InChI=1S/C12H10ClNO2S/c1-6-3-4-8(5-9(6)13)11-14-7(2)10(17-11)12(15)16/h3-5H,1-2H3,(H,15,16). The molecule has 1 heterocycles. The average Bonchev–Trinajstić information content (AvgIpc) is 2.64. The summed E-state index contributed by atoms with van der Waals surface area (Å²) >= 11 is 7.20. The molecule has 5 heteroatoms. The maximum atomic E-state index is 10.9. The maximum Gasteiger partial charge on any atom is 0.347 e. The summed E-state index contributed by atoms with van der Waals surface area (Å²) in [7, 11) is 0. The smallest absolute Gasteiger partial charge is 0.347 e. The van der Waals surface area contributed by atoms with E-state index in [0.29, 0.717) is 15.7 Å². The highest BCUT2D eigenvalue weighted by Gasteiger charge is 2.15. The minimum absolute atomic E-state index is 0.275. The van der Waals surface area contributed by atoms with E-state index >= 15 is 0 Å². The van der Waals surface area contributed by atoms with Gasteiger partial charge in [0.1, 0.15) is 9.88 Å². The number of aryl methyl sites for hydroxylation is 2. The van der Waals surface area contributed by atoms with Crippen molar-refractivity contribution in [3.8, 4) is 10.6 Å². The van der Waals surface area contributed by atoms with Gasteiger partial charge in [0.05, 0.1) is 5.69 Å². The summed E-state index contributed by atoms with van der Waals surface area (Å²) in [5, 5.41) is 10.3. The number of carboxylic acids is 1. The molecule has 88 valence electrons. The fourth-order valence-electron chi connectivity index (χ4n) is 1.44. The Balaban J connectivity index is 2.50. The molecule has 1 aromatic carbocycles. The molecule has 0 unspecified atom stereocenters. The third-order valence-electron chi connectivity index (χ3n) is 2.41. The molecule has 0 bridgehead atoms. The molecule has 2 aromatic rings. The van der Waals surface area contributed by atoms with Crippen LogP contribution in [0.5, 0.6) is 0 Å². The summed E-state index contributed by atoms with van der Waals surface area (Å²) in [6.45, 7) is 3.61. The summed E-state index contributed by atoms with van der Waals surface area (Å²) in [5.74, 6) is -0.940. The molecule has 0 aliphatic heterocycles. The number of hydrogen-bond donors (Lipinski definition) is 1. The van der Waals surface area contributed by atoms with Crippen molar-refractivity contribution in [1.29, 1.82) is 0 Å². The fourth-order valence-corrected chi connectivity index (χ4v) is 2.53. The van der Waals surface area contributed by atoms with Crippen molar-refractivity contribution in [2.45, 2.75) is 13.8 Å². The van der Waals surface area contributed by atoms with E-state index in [9.17, 15) is 4.79 Å². The van der Waals surface area contributed by atoms with Crippen LogP contribution in [0.2, 0.25) is 5.02 Å². The van der Waals surface area contributed by atoms with Gasteiger partial charge in [-0.2, -0.15) is 0 Å². The van der Waals surface area contributed by atoms with Crippen molar-refractivity contribution in [2.75, 3.05) is 0 Å². The highest BCUT2D eigenvalue weighted by Crippen LogP contribution is 2.30. The normalized spacial score (nSPS) is 10.5. The van der Waals surface area contributed by atoms with Gasteiger partial charge in [-0.1, -0.05) is 23.7 Å². The number of thiazole rings is 1. The van der Waals surface area contributed by atoms with E-state index in [0.717, 1.165) is 11.1 Å². The average molecular weight is 268 g/mol. The Bertz CT molecular complexity index is 592. The van der Waals surface area contributed by atoms with Crippen LogP contribution in [0.1, 0.15) is 20.9 Å². The second-order valence-corrected chi connectivity index (χ2v) is 5.11. The Kier molecular flexibility index (Phi) is 3.17. The number of benzene rings is 1. The van der Waals surface area contributed by atoms with Gasteiger partial charge in [0.2, 0.25) is 0 Å². The summed E-state index contributed by atoms with van der Waals surface area (Å²) in [6.07, 6.45) is 0. The van der Waals surface area contributed by atoms with Gasteiger partial charge in [-0.05, 0) is 25.5 Å². The number of nitrogens with zero attached hydrogens (tertiary/aromatic N) is 1. The van der Waals surface area contributed by atoms with E-state index in [1.54, 1.807) is 13.0 Å². The van der Waals surface area contributed by atoms with Crippen LogP contribution >= 0.6 is 22.9 Å². The summed E-state index contributed by atoms with van der Waals surface area (Å²) < 4.78 is 0. The monoisotopic (exact) mass is 267 g/mol. The fraction of sp³-hybridized carbons (Fsp3) is 0.167. The molecule has 1 aromatic heterocycles. The van der Waals surface area contributed by atoms with Crippen LogP contribution in [0.4, 0.5) is 0 Å². The molecular weight excluding hydrogens is 258 g/mol. The van der Waals surface area contributed by atoms with E-state index in [-0.39, 0.29) is 4.88 Å². The zero-order valence-corrected chi connectivity index (χ0v) is 10.9. The number of hydrogen-bond acceptors (Lipinski definition) is 3. The van der Waals surface area contributed by atoms with Gasteiger partial charge in [-0.3, -0.25) is 0 Å². The van der Waals surface area contributed by atoms with E-state index in [2.05, 4.69) is 4.98 Å². The third-order valence-corrected chi connectivity index (χ3v) is 4.01. The van der Waals surface area contributed by atoms with Crippen LogP contribution in [0.15, 0.2) is 18.2 Å². The summed E-state index contributed by atoms with van der Waals surface area (Å²) in [4.78, 5) is 15.5. The van der Waals surface area contributed by atoms with E-state index < -0.39 is 5.97 Å². The summed E-state index contributed by atoms with van der Waals surface area (Å²) in [5.41, 5.74) is 2.37. The van der Waals surface area contributed by atoms with Gasteiger partial charge in [0.25, 0.3) is 0 Å². The molecule has 0 saturated heterocycles. The molecule has 2 rings (SSSR count). The largest absolute Gasteiger partial charge is 0.477 e. The number of halogens is 1. The molecule has 0 saturated carbocycles. The number of aromatic carboxylic acids is 1. The third kappa shape index (κ3) is 2.33. The second kappa shape index (κ2) is 4.47. The molecule has 3 nitrogen and oxygen atoms in total. The van der Waals surface area contributed by atoms with Crippen molar-refractivity contribution in [1.82, 2.24) is 4.98 Å². The van der Waals surface area contributed by atoms with Crippen molar-refractivity contribution >= 4 is 28.9 Å². The number of carbonyl (C=O) groups is 1. The SMILES string of the molecule is Cc1ccc(-c2nc(C)c(C(=O)O)s2)cc1Cl. The first-order valence-electron chi connectivity index (χ1n) is 4.96. The van der Waals surface area contributed by atoms with Crippen molar-refractivity contribution in [2.24, 2.45) is 0 Å². The molecule has 0 radical (unpaired) electrons. The molecule has 0 fully saturated rings. The van der Waals surface area contributed by atoms with Gasteiger partial charge in [0.15, 0.2) is 0 Å². The van der Waals surface area contributed by atoms with Crippen LogP contribution < -0.4 is 0 Å². The van der Waals surface area contributed by atoms with Gasteiger partial charge < -0.3 is 5.11 Å². The van der Waals surface area contributed by atoms with Crippen molar-refractivity contribution in [3.05, 3.63) is 39.4 Å². The molecule has 0 spiro atoms. The van der Waals surface area contributed by atoms with Crippen LogP contribution in [0.25, 0.3) is 10.6 Å². The van der Waals surface area contributed by atoms with Gasteiger partial charge in [-0.15, -0.1) is 11.3 Å². The molecule has 0 aliphatic carbocycles. The number of aromatic nitrogens is 1. The molecule has 0 atom stereocenters. The first-order valence-corrected chi connectivity index (χ1v) is 6.15. The molecule has 1 N–H and O–H groups in total. The predicted molar refractivity (Wildman–Crippen MR) is 69.0 cm³/mol. The Labute approximate surface area is 108 Å². The topological polar surface area (TPSA) is 50.2 Å². The maximum absolute atomic E-state index is 10.9. The first-order chi connectivity index (χ1) is 7.99. The second-order valence-electron chi connectivity index (χ2n) is 3.70. The lowest BCUT2D eigenvalue weighted by atomic mass is 10.1. The Morgan fingerprint density at radius 3 is 2.65 bits per heavy atom. The lowest BCUT2D eigenvalue weighted by Gasteiger charge is -2.00. The van der Waals surface area contributed by atoms with Crippen LogP contribution in [-0.2, 0) is 0 Å². The van der Waals surface area contributed by atoms with E-state index in [1.165, 1.54) is 11.3 Å². The first kappa shape index (κ1) is 12.1. The molecule has 17 heavy (non-hydrogen) atoms. The van der Waals surface area contributed by atoms with E-state index in [4.69, 9.17) is 16.7 Å². The van der Waals surface area contributed by atoms with Gasteiger partial charge in [-0.25, -0.2) is 9.78 Å². The highest BCUT2D eigenvalue weighted by atomic mass is 35.5. The van der Waals surface area contributed by atoms with Crippen molar-refractivity contribution in [3.63, 3.8) is 0 Å². The molecular formula is C12H10ClNO2S. The number of rotatable bonds is 2. The predicted octanol–water partition coefficient (Wildman–Crippen LogP) is 3.78. The Morgan fingerprint density at radius 1 is 1.41 bits per heavy atom. The Morgan fingerprint density at radius 2 is 2.12 bits per heavy atom. The zero-order valence-electron chi connectivity index (χ0n) is 9.32. The zero-order chi connectivity index (χ0) is 12.6.